The topological polar surface area (TPSA) is 64.6 Å². The zero-order valence-corrected chi connectivity index (χ0v) is 12.3. The molecule has 0 fully saturated rings. The maximum Gasteiger partial charge on any atom is 0.315 e. The van der Waals surface area contributed by atoms with Crippen LogP contribution < -0.4 is 15.5 Å². The second kappa shape index (κ2) is 7.69. The van der Waals surface area contributed by atoms with Crippen LogP contribution in [0.25, 0.3) is 0 Å². The predicted octanol–water partition coefficient (Wildman–Crippen LogP) is 1.36. The molecule has 0 heterocycles. The summed E-state index contributed by atoms with van der Waals surface area (Å²) in [6.45, 7) is 1.46. The van der Waals surface area contributed by atoms with Crippen LogP contribution in [0.2, 0.25) is 0 Å². The fraction of sp³-hybridized carbons (Fsp3) is 0.438. The van der Waals surface area contributed by atoms with Crippen molar-refractivity contribution in [3.63, 3.8) is 0 Å². The molecular formula is C16H23N3O2. The van der Waals surface area contributed by atoms with Gasteiger partial charge in [-0.05, 0) is 18.6 Å². The number of rotatable bonds is 6. The van der Waals surface area contributed by atoms with Crippen LogP contribution in [0.3, 0.4) is 0 Å². The lowest BCUT2D eigenvalue weighted by Crippen LogP contribution is -2.43. The van der Waals surface area contributed by atoms with E-state index in [1.807, 2.05) is 49.5 Å². The molecule has 0 saturated carbocycles. The summed E-state index contributed by atoms with van der Waals surface area (Å²) in [5, 5.41) is 14.8. The minimum absolute atomic E-state index is 0.0222. The Kier molecular flexibility index (Phi) is 5.63. The van der Waals surface area contributed by atoms with E-state index in [1.54, 1.807) is 0 Å². The molecule has 0 aromatic heterocycles. The highest BCUT2D eigenvalue weighted by atomic mass is 16.3. The number of para-hydroxylation sites is 1. The Morgan fingerprint density at radius 1 is 1.33 bits per heavy atom. The highest BCUT2D eigenvalue weighted by Gasteiger charge is 2.19. The monoisotopic (exact) mass is 289 g/mol. The number of urea groups is 1. The van der Waals surface area contributed by atoms with Crippen molar-refractivity contribution < 1.29 is 9.90 Å². The number of carbonyl (C=O) groups is 1. The van der Waals surface area contributed by atoms with Crippen molar-refractivity contribution >= 4 is 11.7 Å². The smallest absolute Gasteiger partial charge is 0.315 e. The first-order valence-corrected chi connectivity index (χ1v) is 7.29. The predicted molar refractivity (Wildman–Crippen MR) is 84.4 cm³/mol. The molecule has 0 saturated heterocycles. The van der Waals surface area contributed by atoms with Gasteiger partial charge in [0.15, 0.2) is 0 Å². The minimum Gasteiger partial charge on any atom is -0.396 e. The standard InChI is InChI=1S/C16H23N3O2/c1-19(15-5-3-2-4-6-15)10-9-17-16(21)18-14-8-7-13(11-14)12-20/h2-8,13-14,20H,9-12H2,1H3,(H2,17,18,21)/t13-,14+/m0/s1. The van der Waals surface area contributed by atoms with Crippen LogP contribution in [0, 0.1) is 5.92 Å². The van der Waals surface area contributed by atoms with Crippen molar-refractivity contribution in [2.24, 2.45) is 5.92 Å². The normalized spacial score (nSPS) is 20.3. The lowest BCUT2D eigenvalue weighted by molar-refractivity contribution is 0.231. The molecule has 1 aromatic carbocycles. The molecule has 2 amide bonds. The molecule has 1 aliphatic carbocycles. The number of amides is 2. The molecule has 1 aliphatic rings. The summed E-state index contributed by atoms with van der Waals surface area (Å²) in [4.78, 5) is 13.9. The maximum atomic E-state index is 11.8. The molecule has 5 nitrogen and oxygen atoms in total. The number of likely N-dealkylation sites (N-methyl/N-ethyl adjacent to an activating group) is 1. The summed E-state index contributed by atoms with van der Waals surface area (Å²) in [7, 11) is 2.00. The van der Waals surface area contributed by atoms with Gasteiger partial charge in [-0.3, -0.25) is 0 Å². The number of nitrogens with zero attached hydrogens (tertiary/aromatic N) is 1. The van der Waals surface area contributed by atoms with E-state index in [-0.39, 0.29) is 24.6 Å². The van der Waals surface area contributed by atoms with E-state index >= 15 is 0 Å². The molecule has 0 aliphatic heterocycles. The average Bonchev–Trinajstić information content (AvgIpc) is 2.95. The lowest BCUT2D eigenvalue weighted by Gasteiger charge is -2.20. The highest BCUT2D eigenvalue weighted by molar-refractivity contribution is 5.74. The van der Waals surface area contributed by atoms with Crippen LogP contribution in [-0.4, -0.2) is 43.9 Å². The van der Waals surface area contributed by atoms with E-state index in [9.17, 15) is 4.79 Å². The summed E-state index contributed by atoms with van der Waals surface area (Å²) in [5.74, 6) is 0.166. The number of aliphatic hydroxyl groups excluding tert-OH is 1. The van der Waals surface area contributed by atoms with Gasteiger partial charge in [0.1, 0.15) is 0 Å². The molecule has 3 N–H and O–H groups in total. The van der Waals surface area contributed by atoms with Gasteiger partial charge in [0.2, 0.25) is 0 Å². The largest absolute Gasteiger partial charge is 0.396 e. The Labute approximate surface area is 125 Å². The van der Waals surface area contributed by atoms with Crippen LogP contribution in [0.1, 0.15) is 6.42 Å². The number of carbonyl (C=O) groups excluding carboxylic acids is 1. The van der Waals surface area contributed by atoms with Crippen molar-refractivity contribution in [2.75, 3.05) is 31.6 Å². The number of nitrogens with one attached hydrogen (secondary N) is 2. The van der Waals surface area contributed by atoms with Crippen LogP contribution in [0.15, 0.2) is 42.5 Å². The van der Waals surface area contributed by atoms with Gasteiger partial charge in [-0.2, -0.15) is 0 Å². The Balaban J connectivity index is 1.65. The van der Waals surface area contributed by atoms with Gasteiger partial charge < -0.3 is 20.6 Å². The second-order valence-electron chi connectivity index (χ2n) is 5.33. The van der Waals surface area contributed by atoms with Crippen LogP contribution >= 0.6 is 0 Å². The molecule has 0 unspecified atom stereocenters. The van der Waals surface area contributed by atoms with E-state index in [0.717, 1.165) is 18.7 Å². The molecule has 5 heteroatoms. The van der Waals surface area contributed by atoms with Crippen LogP contribution in [0.4, 0.5) is 10.5 Å². The van der Waals surface area contributed by atoms with Gasteiger partial charge in [0, 0.05) is 44.4 Å². The summed E-state index contributed by atoms with van der Waals surface area (Å²) >= 11 is 0. The molecule has 0 spiro atoms. The molecule has 21 heavy (non-hydrogen) atoms. The Morgan fingerprint density at radius 3 is 2.76 bits per heavy atom. The minimum atomic E-state index is -0.162. The zero-order valence-electron chi connectivity index (χ0n) is 12.3. The summed E-state index contributed by atoms with van der Waals surface area (Å²) in [6.07, 6.45) is 4.67. The highest BCUT2D eigenvalue weighted by Crippen LogP contribution is 2.16. The van der Waals surface area contributed by atoms with E-state index in [1.165, 1.54) is 0 Å². The van der Waals surface area contributed by atoms with E-state index in [2.05, 4.69) is 15.5 Å². The molecule has 1 aromatic rings. The third-order valence-corrected chi connectivity index (χ3v) is 3.65. The molecule has 0 radical (unpaired) electrons. The Hall–Kier alpha value is -2.01. The van der Waals surface area contributed by atoms with Crippen molar-refractivity contribution in [3.05, 3.63) is 42.5 Å². The van der Waals surface area contributed by atoms with Crippen molar-refractivity contribution in [2.45, 2.75) is 12.5 Å². The molecular weight excluding hydrogens is 266 g/mol. The van der Waals surface area contributed by atoms with Crippen molar-refractivity contribution in [3.8, 4) is 0 Å². The average molecular weight is 289 g/mol. The van der Waals surface area contributed by atoms with Gasteiger partial charge in [-0.25, -0.2) is 4.79 Å². The number of hydrogen-bond donors (Lipinski definition) is 3. The molecule has 2 atom stereocenters. The summed E-state index contributed by atoms with van der Waals surface area (Å²) in [6, 6.07) is 9.92. The molecule has 114 valence electrons. The second-order valence-corrected chi connectivity index (χ2v) is 5.33. The number of hydrogen-bond acceptors (Lipinski definition) is 3. The number of anilines is 1. The van der Waals surface area contributed by atoms with Gasteiger partial charge >= 0.3 is 6.03 Å². The first kappa shape index (κ1) is 15.4. The SMILES string of the molecule is CN(CCNC(=O)N[C@@H]1C=C[C@H](CO)C1)c1ccccc1. The Morgan fingerprint density at radius 2 is 2.10 bits per heavy atom. The van der Waals surface area contributed by atoms with Gasteiger partial charge in [0.25, 0.3) is 0 Å². The summed E-state index contributed by atoms with van der Waals surface area (Å²) in [5.41, 5.74) is 1.13. The van der Waals surface area contributed by atoms with Gasteiger partial charge in [-0.1, -0.05) is 30.4 Å². The maximum absolute atomic E-state index is 11.8. The van der Waals surface area contributed by atoms with Gasteiger partial charge in [0.05, 0.1) is 0 Å². The third kappa shape index (κ3) is 4.79. The molecule has 0 bridgehead atoms. The van der Waals surface area contributed by atoms with E-state index in [0.29, 0.717) is 6.54 Å². The quantitative estimate of drug-likeness (QED) is 0.693. The van der Waals surface area contributed by atoms with Gasteiger partial charge in [-0.15, -0.1) is 0 Å². The number of aliphatic hydroxyl groups is 1. The number of benzene rings is 1. The third-order valence-electron chi connectivity index (χ3n) is 3.65. The first-order valence-electron chi connectivity index (χ1n) is 7.29. The zero-order chi connectivity index (χ0) is 15.1. The van der Waals surface area contributed by atoms with Crippen molar-refractivity contribution in [1.82, 2.24) is 10.6 Å². The fourth-order valence-electron chi connectivity index (χ4n) is 2.39. The molecule has 2 rings (SSSR count). The summed E-state index contributed by atoms with van der Waals surface area (Å²) < 4.78 is 0. The first-order chi connectivity index (χ1) is 10.2. The Bertz CT molecular complexity index is 476. The fourth-order valence-corrected chi connectivity index (χ4v) is 2.39. The van der Waals surface area contributed by atoms with E-state index < -0.39 is 0 Å². The van der Waals surface area contributed by atoms with Crippen molar-refractivity contribution in [1.29, 1.82) is 0 Å². The van der Waals surface area contributed by atoms with Crippen LogP contribution in [0.5, 0.6) is 0 Å². The van der Waals surface area contributed by atoms with E-state index in [4.69, 9.17) is 5.11 Å². The lowest BCUT2D eigenvalue weighted by atomic mass is 10.1. The van der Waals surface area contributed by atoms with Crippen LogP contribution in [-0.2, 0) is 0 Å².